The van der Waals surface area contributed by atoms with Crippen molar-refractivity contribution in [3.63, 3.8) is 0 Å². The van der Waals surface area contributed by atoms with Gasteiger partial charge in [-0.25, -0.2) is 0 Å². The van der Waals surface area contributed by atoms with Crippen molar-refractivity contribution in [1.29, 1.82) is 0 Å². The summed E-state index contributed by atoms with van der Waals surface area (Å²) in [7, 11) is 0. The fraction of sp³-hybridized carbons (Fsp3) is 0.235. The number of nitrogens with zero attached hydrogens (tertiary/aromatic N) is 2. The maximum absolute atomic E-state index is 4.80. The van der Waals surface area contributed by atoms with Crippen molar-refractivity contribution in [3.8, 4) is 0 Å². The summed E-state index contributed by atoms with van der Waals surface area (Å²) in [6.07, 6.45) is 3.98. The smallest absolute Gasteiger partial charge is 0.0629 e. The fourth-order valence-corrected chi connectivity index (χ4v) is 4.54. The Kier molecular flexibility index (Phi) is 6.33. The molecule has 3 heteroatoms. The molecular formula is C34H35N3. The van der Waals surface area contributed by atoms with Gasteiger partial charge in [0.1, 0.15) is 0 Å². The van der Waals surface area contributed by atoms with Gasteiger partial charge in [0.05, 0.1) is 22.4 Å². The maximum Gasteiger partial charge on any atom is 0.0629 e. The first-order valence-corrected chi connectivity index (χ1v) is 12.9. The number of H-pyrrole nitrogens is 1. The molecule has 0 aliphatic heterocycles. The second kappa shape index (κ2) is 9.48. The molecule has 0 atom stereocenters. The van der Waals surface area contributed by atoms with Crippen molar-refractivity contribution >= 4 is 45.6 Å². The number of benzene rings is 4. The molecule has 0 aliphatic rings. The Morgan fingerprint density at radius 3 is 1.27 bits per heavy atom. The summed E-state index contributed by atoms with van der Waals surface area (Å²) in [6, 6.07) is 29.4. The molecule has 0 fully saturated rings. The zero-order valence-electron chi connectivity index (χ0n) is 22.6. The van der Waals surface area contributed by atoms with Crippen LogP contribution in [-0.2, 0) is 10.8 Å². The number of nitrogens with one attached hydrogen (secondary N) is 1. The predicted molar refractivity (Wildman–Crippen MR) is 161 cm³/mol. The van der Waals surface area contributed by atoms with Crippen LogP contribution < -0.4 is 0 Å². The standard InChI is InChI=1S/C34H35N3/c1-33(2,3)25-17-23(21-35-27-13-9-7-10-14-27)31-29(19-25)30-20-26(34(4,5)6)18-24(32(30)37-31)22-36-28-15-11-8-12-16-28/h7-22,37H,1-6H3. The van der Waals surface area contributed by atoms with Gasteiger partial charge >= 0.3 is 0 Å². The highest BCUT2D eigenvalue weighted by Gasteiger charge is 2.21. The van der Waals surface area contributed by atoms with Crippen molar-refractivity contribution in [3.05, 3.63) is 107 Å². The number of rotatable bonds is 4. The molecule has 4 aromatic carbocycles. The number of hydrogen-bond donors (Lipinski definition) is 1. The van der Waals surface area contributed by atoms with E-state index in [1.54, 1.807) is 0 Å². The van der Waals surface area contributed by atoms with E-state index in [2.05, 4.69) is 70.8 Å². The molecule has 186 valence electrons. The molecule has 1 heterocycles. The Bertz CT molecular complexity index is 1490. The summed E-state index contributed by atoms with van der Waals surface area (Å²) in [5.41, 5.74) is 8.85. The molecule has 1 aromatic heterocycles. The van der Waals surface area contributed by atoms with Crippen LogP contribution in [0, 0.1) is 0 Å². The van der Waals surface area contributed by atoms with Gasteiger partial charge in [-0.05, 0) is 70.5 Å². The summed E-state index contributed by atoms with van der Waals surface area (Å²) < 4.78 is 0. The van der Waals surface area contributed by atoms with Crippen LogP contribution in [0.3, 0.4) is 0 Å². The monoisotopic (exact) mass is 485 g/mol. The van der Waals surface area contributed by atoms with Crippen molar-refractivity contribution in [2.45, 2.75) is 52.4 Å². The molecule has 0 unspecified atom stereocenters. The van der Waals surface area contributed by atoms with Gasteiger partial charge in [-0.1, -0.05) is 77.9 Å². The van der Waals surface area contributed by atoms with E-state index in [-0.39, 0.29) is 10.8 Å². The van der Waals surface area contributed by atoms with Crippen LogP contribution in [0.1, 0.15) is 63.8 Å². The van der Waals surface area contributed by atoms with E-state index in [0.717, 1.165) is 33.5 Å². The lowest BCUT2D eigenvalue weighted by Crippen LogP contribution is -2.12. The Labute approximate surface area is 220 Å². The molecule has 0 bridgehead atoms. The molecule has 1 N–H and O–H groups in total. The normalized spacial score (nSPS) is 12.9. The Balaban J connectivity index is 1.78. The first-order chi connectivity index (χ1) is 17.6. The van der Waals surface area contributed by atoms with Crippen LogP contribution in [0.2, 0.25) is 0 Å². The summed E-state index contributed by atoms with van der Waals surface area (Å²) in [5.74, 6) is 0. The largest absolute Gasteiger partial charge is 0.353 e. The minimum atomic E-state index is 0.00630. The van der Waals surface area contributed by atoms with Gasteiger partial charge in [0.2, 0.25) is 0 Å². The number of hydrogen-bond acceptors (Lipinski definition) is 2. The van der Waals surface area contributed by atoms with Gasteiger partial charge in [0.25, 0.3) is 0 Å². The maximum atomic E-state index is 4.80. The van der Waals surface area contributed by atoms with Gasteiger partial charge in [-0.15, -0.1) is 0 Å². The number of aromatic nitrogens is 1. The topological polar surface area (TPSA) is 40.5 Å². The zero-order chi connectivity index (χ0) is 26.2. The van der Waals surface area contributed by atoms with E-state index in [0.29, 0.717) is 0 Å². The molecular weight excluding hydrogens is 450 g/mol. The zero-order valence-corrected chi connectivity index (χ0v) is 22.6. The molecule has 5 aromatic rings. The first-order valence-electron chi connectivity index (χ1n) is 12.9. The highest BCUT2D eigenvalue weighted by molar-refractivity contribution is 6.16. The highest BCUT2D eigenvalue weighted by Crippen LogP contribution is 2.37. The molecule has 3 nitrogen and oxygen atoms in total. The Morgan fingerprint density at radius 2 is 0.919 bits per heavy atom. The molecule has 0 radical (unpaired) electrons. The summed E-state index contributed by atoms with van der Waals surface area (Å²) in [6.45, 7) is 13.6. The van der Waals surface area contributed by atoms with Crippen LogP contribution in [0.15, 0.2) is 94.9 Å². The molecule has 0 aliphatic carbocycles. The van der Waals surface area contributed by atoms with Gasteiger partial charge < -0.3 is 4.98 Å². The summed E-state index contributed by atoms with van der Waals surface area (Å²) in [5, 5.41) is 2.44. The van der Waals surface area contributed by atoms with E-state index in [1.807, 2.05) is 73.1 Å². The van der Waals surface area contributed by atoms with E-state index < -0.39 is 0 Å². The lowest BCUT2D eigenvalue weighted by atomic mass is 9.83. The molecule has 0 saturated heterocycles. The van der Waals surface area contributed by atoms with Crippen molar-refractivity contribution < 1.29 is 0 Å². The summed E-state index contributed by atoms with van der Waals surface area (Å²) in [4.78, 5) is 13.4. The quantitative estimate of drug-likeness (QED) is 0.246. The number of aromatic amines is 1. The molecule has 0 saturated carbocycles. The van der Waals surface area contributed by atoms with Gasteiger partial charge in [-0.2, -0.15) is 0 Å². The third-order valence-electron chi connectivity index (χ3n) is 6.83. The Morgan fingerprint density at radius 1 is 0.541 bits per heavy atom. The highest BCUT2D eigenvalue weighted by atomic mass is 14.8. The summed E-state index contributed by atoms with van der Waals surface area (Å²) >= 11 is 0. The van der Waals surface area contributed by atoms with Crippen molar-refractivity contribution in [1.82, 2.24) is 4.98 Å². The van der Waals surface area contributed by atoms with Gasteiger partial charge in [-0.3, -0.25) is 9.98 Å². The number of para-hydroxylation sites is 2. The molecule has 37 heavy (non-hydrogen) atoms. The number of fused-ring (bicyclic) bond motifs is 3. The van der Waals surface area contributed by atoms with E-state index >= 15 is 0 Å². The lowest BCUT2D eigenvalue weighted by molar-refractivity contribution is 0.590. The second-order valence-corrected chi connectivity index (χ2v) is 11.8. The third-order valence-corrected chi connectivity index (χ3v) is 6.83. The second-order valence-electron chi connectivity index (χ2n) is 11.8. The molecule has 5 rings (SSSR count). The van der Waals surface area contributed by atoms with Crippen molar-refractivity contribution in [2.24, 2.45) is 9.98 Å². The number of aliphatic imine (C=N–C) groups is 2. The van der Waals surface area contributed by atoms with Crippen LogP contribution >= 0.6 is 0 Å². The van der Waals surface area contributed by atoms with Gasteiger partial charge in [0, 0.05) is 34.3 Å². The van der Waals surface area contributed by atoms with Crippen LogP contribution in [0.25, 0.3) is 21.8 Å². The average Bonchev–Trinajstić information content (AvgIpc) is 3.25. The minimum absolute atomic E-state index is 0.00630. The SMILES string of the molecule is CC(C)(C)c1cc(C=Nc2ccccc2)c2[nH]c3c(C=Nc4ccccc4)cc(C(C)(C)C)cc3c2c1. The lowest BCUT2D eigenvalue weighted by Gasteiger charge is -2.21. The molecule has 0 amide bonds. The predicted octanol–water partition coefficient (Wildman–Crippen LogP) is 9.42. The van der Waals surface area contributed by atoms with E-state index in [1.165, 1.54) is 21.9 Å². The third kappa shape index (κ3) is 5.27. The Hall–Kier alpha value is -3.98. The molecule has 0 spiro atoms. The van der Waals surface area contributed by atoms with Crippen LogP contribution in [0.5, 0.6) is 0 Å². The first kappa shape index (κ1) is 24.7. The fourth-order valence-electron chi connectivity index (χ4n) is 4.54. The average molecular weight is 486 g/mol. The van der Waals surface area contributed by atoms with E-state index in [4.69, 9.17) is 9.98 Å². The van der Waals surface area contributed by atoms with E-state index in [9.17, 15) is 0 Å². The van der Waals surface area contributed by atoms with Crippen molar-refractivity contribution in [2.75, 3.05) is 0 Å². The van der Waals surface area contributed by atoms with Gasteiger partial charge in [0.15, 0.2) is 0 Å². The minimum Gasteiger partial charge on any atom is -0.353 e. The van der Waals surface area contributed by atoms with Crippen LogP contribution in [-0.4, -0.2) is 17.4 Å². The van der Waals surface area contributed by atoms with Crippen LogP contribution in [0.4, 0.5) is 11.4 Å².